The van der Waals surface area contributed by atoms with E-state index in [2.05, 4.69) is 21.1 Å². The molecule has 5 rings (SSSR count). The summed E-state index contributed by atoms with van der Waals surface area (Å²) in [4.78, 5) is 37.0. The molecule has 13 heteroatoms. The second kappa shape index (κ2) is 10.8. The van der Waals surface area contributed by atoms with E-state index >= 15 is 0 Å². The highest BCUT2D eigenvalue weighted by molar-refractivity contribution is 9.10. The van der Waals surface area contributed by atoms with Crippen LogP contribution in [0.3, 0.4) is 0 Å². The average Bonchev–Trinajstić information content (AvgIpc) is 3.56. The van der Waals surface area contributed by atoms with Crippen molar-refractivity contribution in [3.63, 3.8) is 0 Å². The largest absolute Gasteiger partial charge is 0.421 e. The number of pyridine rings is 1. The lowest BCUT2D eigenvalue weighted by molar-refractivity contribution is -0.139. The molecule has 1 unspecified atom stereocenters. The van der Waals surface area contributed by atoms with Crippen molar-refractivity contribution >= 4 is 38.9 Å². The molecule has 2 aliphatic heterocycles. The molecule has 1 saturated heterocycles. The summed E-state index contributed by atoms with van der Waals surface area (Å²) < 4.78 is 55.2. The average molecular weight is 627 g/mol. The van der Waals surface area contributed by atoms with Gasteiger partial charge in [-0.05, 0) is 44.0 Å². The minimum absolute atomic E-state index is 0.102. The van der Waals surface area contributed by atoms with Crippen LogP contribution in [0.15, 0.2) is 50.1 Å². The summed E-state index contributed by atoms with van der Waals surface area (Å²) in [5, 5.41) is 6.91. The zero-order chi connectivity index (χ0) is 27.9. The lowest BCUT2D eigenvalue weighted by Gasteiger charge is -2.31. The molecule has 7 nitrogen and oxygen atoms in total. The zero-order valence-electron chi connectivity index (χ0n) is 20.7. The predicted octanol–water partition coefficient (Wildman–Crippen LogP) is 5.81. The monoisotopic (exact) mass is 626 g/mol. The first kappa shape index (κ1) is 27.5. The van der Waals surface area contributed by atoms with E-state index < -0.39 is 35.9 Å². The molecule has 4 heterocycles. The Labute approximate surface area is 233 Å². The predicted molar refractivity (Wildman–Crippen MR) is 140 cm³/mol. The molecule has 2 aromatic heterocycles. The fraction of sp³-hybridized carbons (Fsp3) is 0.385. The van der Waals surface area contributed by atoms with Crippen LogP contribution in [0, 0.1) is 12.7 Å². The van der Waals surface area contributed by atoms with Crippen LogP contribution in [-0.4, -0.2) is 39.2 Å². The van der Waals surface area contributed by atoms with Gasteiger partial charge >= 0.3 is 6.18 Å². The number of hydrogen-bond donors (Lipinski definition) is 0. The number of hydrogen-bond acceptors (Lipinski definition) is 6. The highest BCUT2D eigenvalue weighted by Gasteiger charge is 2.35. The number of benzene rings is 1. The molecule has 0 aliphatic carbocycles. The van der Waals surface area contributed by atoms with Gasteiger partial charge in [0.1, 0.15) is 23.6 Å². The van der Waals surface area contributed by atoms with Crippen molar-refractivity contribution in [1.29, 1.82) is 0 Å². The van der Waals surface area contributed by atoms with Crippen molar-refractivity contribution in [2.45, 2.75) is 50.9 Å². The van der Waals surface area contributed by atoms with E-state index in [0.29, 0.717) is 53.8 Å². The maximum atomic E-state index is 14.3. The lowest BCUT2D eigenvalue weighted by atomic mass is 9.97. The molecule has 1 aromatic carbocycles. The molecule has 2 aliphatic rings. The maximum Gasteiger partial charge on any atom is 0.421 e. The molecular weight excluding hydrogens is 604 g/mol. The van der Waals surface area contributed by atoms with Gasteiger partial charge < -0.3 is 14.3 Å². The van der Waals surface area contributed by atoms with Crippen molar-refractivity contribution in [2.24, 2.45) is 5.16 Å². The minimum Gasteiger partial charge on any atom is -0.387 e. The number of carbonyl (C=O) groups is 1. The molecule has 1 atom stereocenters. The molecule has 1 amide bonds. The third-order valence-electron chi connectivity index (χ3n) is 7.00. The Balaban J connectivity index is 1.19. The number of amides is 1. The van der Waals surface area contributed by atoms with Crippen molar-refractivity contribution in [1.82, 2.24) is 14.5 Å². The minimum atomic E-state index is -4.79. The van der Waals surface area contributed by atoms with Gasteiger partial charge in [-0.15, -0.1) is 11.3 Å². The number of nitrogens with zero attached hydrogens (tertiary/aromatic N) is 4. The number of likely N-dealkylation sites (tertiary alicyclic amines) is 1. The third-order valence-corrected chi connectivity index (χ3v) is 8.70. The van der Waals surface area contributed by atoms with Crippen LogP contribution in [0.2, 0.25) is 0 Å². The standard InChI is InChI=1S/C26H23BrF4N4O3S/c1-14-5-6-16(26(29,30)31)25(37)35(14)12-22(36)34-9-7-15(8-10-34)24-32-20(13-39-24)19-11-21(38-33-19)23-17(27)3-2-4-18(23)28/h2-6,13,15,21H,7-12H2,1H3. The van der Waals surface area contributed by atoms with E-state index in [1.807, 2.05) is 5.38 Å². The van der Waals surface area contributed by atoms with Gasteiger partial charge in [0, 0.05) is 46.5 Å². The summed E-state index contributed by atoms with van der Waals surface area (Å²) in [6.07, 6.45) is -3.70. The zero-order valence-corrected chi connectivity index (χ0v) is 23.1. The fourth-order valence-corrected chi connectivity index (χ4v) is 6.40. The topological polar surface area (TPSA) is 76.8 Å². The SMILES string of the molecule is Cc1ccc(C(F)(F)F)c(=O)n1CC(=O)N1CCC(c2nc(C3=NOC(c4c(F)cccc4Br)C3)cs2)CC1. The highest BCUT2D eigenvalue weighted by atomic mass is 79.9. The quantitative estimate of drug-likeness (QED) is 0.335. The second-order valence-corrected chi connectivity index (χ2v) is 11.2. The molecule has 0 spiro atoms. The number of alkyl halides is 3. The number of piperidine rings is 1. The van der Waals surface area contributed by atoms with Gasteiger partial charge in [0.05, 0.1) is 10.7 Å². The summed E-state index contributed by atoms with van der Waals surface area (Å²) >= 11 is 4.85. The number of halogens is 5. The number of aryl methyl sites for hydroxylation is 1. The van der Waals surface area contributed by atoms with E-state index in [1.165, 1.54) is 30.4 Å². The van der Waals surface area contributed by atoms with Crippen LogP contribution >= 0.6 is 27.3 Å². The molecule has 3 aromatic rings. The molecule has 206 valence electrons. The molecule has 1 fully saturated rings. The van der Waals surface area contributed by atoms with Crippen LogP contribution in [0.4, 0.5) is 17.6 Å². The summed E-state index contributed by atoms with van der Waals surface area (Å²) in [6.45, 7) is 1.86. The van der Waals surface area contributed by atoms with Crippen molar-refractivity contribution in [3.05, 3.63) is 83.9 Å². The van der Waals surface area contributed by atoms with E-state index in [0.717, 1.165) is 15.6 Å². The van der Waals surface area contributed by atoms with Gasteiger partial charge in [-0.2, -0.15) is 13.2 Å². The number of thiazole rings is 1. The molecule has 0 bridgehead atoms. The van der Waals surface area contributed by atoms with Crippen LogP contribution in [0.25, 0.3) is 0 Å². The first-order chi connectivity index (χ1) is 18.5. The van der Waals surface area contributed by atoms with E-state index in [9.17, 15) is 27.2 Å². The van der Waals surface area contributed by atoms with Gasteiger partial charge in [0.15, 0.2) is 6.10 Å². The number of oxime groups is 1. The summed E-state index contributed by atoms with van der Waals surface area (Å²) in [7, 11) is 0. The Hall–Kier alpha value is -3.06. The number of aromatic nitrogens is 2. The molecule has 0 radical (unpaired) electrons. The Morgan fingerprint density at radius 2 is 1.95 bits per heavy atom. The van der Waals surface area contributed by atoms with Crippen LogP contribution in [-0.2, 0) is 22.4 Å². The molecule has 39 heavy (non-hydrogen) atoms. The van der Waals surface area contributed by atoms with E-state index in [1.54, 1.807) is 17.0 Å². The van der Waals surface area contributed by atoms with E-state index in [-0.39, 0.29) is 17.4 Å². The lowest BCUT2D eigenvalue weighted by Crippen LogP contribution is -2.42. The Bertz CT molecular complexity index is 1470. The third kappa shape index (κ3) is 5.65. The Morgan fingerprint density at radius 1 is 1.21 bits per heavy atom. The smallest absolute Gasteiger partial charge is 0.387 e. The van der Waals surface area contributed by atoms with Gasteiger partial charge in [-0.25, -0.2) is 9.37 Å². The fourth-order valence-electron chi connectivity index (χ4n) is 4.80. The maximum absolute atomic E-state index is 14.3. The highest BCUT2D eigenvalue weighted by Crippen LogP contribution is 2.37. The Kier molecular flexibility index (Phi) is 7.64. The first-order valence-corrected chi connectivity index (χ1v) is 13.9. The van der Waals surface area contributed by atoms with Crippen LogP contribution < -0.4 is 5.56 Å². The molecule has 0 N–H and O–H groups in total. The van der Waals surface area contributed by atoms with Gasteiger partial charge in [0.25, 0.3) is 5.56 Å². The second-order valence-electron chi connectivity index (χ2n) is 9.47. The summed E-state index contributed by atoms with van der Waals surface area (Å²) in [5.41, 5.74) is -0.509. The van der Waals surface area contributed by atoms with Crippen molar-refractivity contribution in [3.8, 4) is 0 Å². The van der Waals surface area contributed by atoms with Gasteiger partial charge in [0.2, 0.25) is 5.91 Å². The number of carbonyl (C=O) groups excluding carboxylic acids is 1. The Morgan fingerprint density at radius 3 is 2.64 bits per heavy atom. The molecule has 0 saturated carbocycles. The molecular formula is C26H23BrF4N4O3S. The van der Waals surface area contributed by atoms with Crippen LogP contribution in [0.1, 0.15) is 58.8 Å². The van der Waals surface area contributed by atoms with Gasteiger partial charge in [-0.3, -0.25) is 9.59 Å². The van der Waals surface area contributed by atoms with Crippen LogP contribution in [0.5, 0.6) is 0 Å². The summed E-state index contributed by atoms with van der Waals surface area (Å²) in [6, 6.07) is 6.67. The normalized spacial score (nSPS) is 18.3. The van der Waals surface area contributed by atoms with Gasteiger partial charge in [-0.1, -0.05) is 27.2 Å². The van der Waals surface area contributed by atoms with E-state index in [4.69, 9.17) is 9.82 Å². The first-order valence-electron chi connectivity index (χ1n) is 12.2. The van der Waals surface area contributed by atoms with Crippen molar-refractivity contribution < 1.29 is 27.2 Å². The van der Waals surface area contributed by atoms with Crippen molar-refractivity contribution in [2.75, 3.05) is 13.1 Å². The summed E-state index contributed by atoms with van der Waals surface area (Å²) in [5.74, 6) is -0.676. The number of rotatable bonds is 5.